The van der Waals surface area contributed by atoms with Gasteiger partial charge >= 0.3 is 0 Å². The van der Waals surface area contributed by atoms with Crippen LogP contribution in [0.5, 0.6) is 0 Å². The van der Waals surface area contributed by atoms with Gasteiger partial charge in [0.25, 0.3) is 5.91 Å². The zero-order valence-electron chi connectivity index (χ0n) is 7.56. The van der Waals surface area contributed by atoms with Gasteiger partial charge in [-0.05, 0) is 6.92 Å². The fourth-order valence-electron chi connectivity index (χ4n) is 0.821. The summed E-state index contributed by atoms with van der Waals surface area (Å²) in [5.41, 5.74) is 5.62. The highest BCUT2D eigenvalue weighted by atomic mass is 16.1. The molecule has 0 saturated heterocycles. The van der Waals surface area contributed by atoms with Gasteiger partial charge in [0.15, 0.2) is 0 Å². The van der Waals surface area contributed by atoms with E-state index in [9.17, 15) is 4.79 Å². The van der Waals surface area contributed by atoms with Gasteiger partial charge < -0.3 is 11.1 Å². The molecule has 0 fully saturated rings. The second-order valence-corrected chi connectivity index (χ2v) is 2.65. The molecule has 0 aliphatic rings. The zero-order valence-corrected chi connectivity index (χ0v) is 7.56. The predicted octanol–water partition coefficient (Wildman–Crippen LogP) is -0.299. The molecule has 1 aromatic heterocycles. The third kappa shape index (κ3) is 2.17. The van der Waals surface area contributed by atoms with E-state index in [1.165, 1.54) is 12.5 Å². The van der Waals surface area contributed by atoms with Crippen LogP contribution in [0.4, 0.5) is 5.82 Å². The normalized spacial score (nSPS) is 11.4. The van der Waals surface area contributed by atoms with Gasteiger partial charge in [0.2, 0.25) is 0 Å². The molecule has 1 heterocycles. The Morgan fingerprint density at radius 3 is 3.07 bits per heavy atom. The van der Waals surface area contributed by atoms with Crippen LogP contribution in [0, 0.1) is 11.3 Å². The van der Waals surface area contributed by atoms with E-state index in [-0.39, 0.29) is 11.4 Å². The van der Waals surface area contributed by atoms with Gasteiger partial charge in [-0.15, -0.1) is 0 Å². The molecule has 0 aromatic carbocycles. The van der Waals surface area contributed by atoms with Crippen LogP contribution in [-0.4, -0.2) is 21.9 Å². The first-order chi connectivity index (χ1) is 6.65. The molecule has 0 spiro atoms. The molecule has 72 valence electrons. The van der Waals surface area contributed by atoms with Gasteiger partial charge in [0.05, 0.1) is 11.6 Å². The second kappa shape index (κ2) is 4.18. The largest absolute Gasteiger partial charge is 0.383 e. The number of nitrogen functional groups attached to an aromatic ring is 1. The number of rotatable bonds is 2. The third-order valence-electron chi connectivity index (χ3n) is 1.53. The van der Waals surface area contributed by atoms with E-state index in [1.807, 2.05) is 6.07 Å². The Balaban J connectivity index is 2.81. The van der Waals surface area contributed by atoms with Crippen molar-refractivity contribution in [1.82, 2.24) is 15.3 Å². The van der Waals surface area contributed by atoms with Crippen molar-refractivity contribution in [2.45, 2.75) is 13.0 Å². The molecular formula is C8H9N5O. The molecule has 0 aliphatic carbocycles. The highest BCUT2D eigenvalue weighted by Gasteiger charge is 2.12. The Kier molecular flexibility index (Phi) is 2.97. The Bertz CT molecular complexity index is 384. The van der Waals surface area contributed by atoms with Crippen LogP contribution in [-0.2, 0) is 0 Å². The van der Waals surface area contributed by atoms with E-state index in [2.05, 4.69) is 15.3 Å². The van der Waals surface area contributed by atoms with Gasteiger partial charge in [0.1, 0.15) is 18.2 Å². The van der Waals surface area contributed by atoms with Gasteiger partial charge in [0, 0.05) is 6.20 Å². The molecule has 0 unspecified atom stereocenters. The van der Waals surface area contributed by atoms with Gasteiger partial charge in [-0.1, -0.05) is 0 Å². The fourth-order valence-corrected chi connectivity index (χ4v) is 0.821. The van der Waals surface area contributed by atoms with Crippen LogP contribution in [0.3, 0.4) is 0 Å². The van der Waals surface area contributed by atoms with Crippen molar-refractivity contribution in [3.8, 4) is 6.07 Å². The van der Waals surface area contributed by atoms with Crippen molar-refractivity contribution in [2.75, 3.05) is 5.73 Å². The van der Waals surface area contributed by atoms with Crippen LogP contribution in [0.1, 0.15) is 17.3 Å². The zero-order chi connectivity index (χ0) is 10.6. The van der Waals surface area contributed by atoms with Crippen LogP contribution in [0.2, 0.25) is 0 Å². The number of carbonyl (C=O) groups is 1. The summed E-state index contributed by atoms with van der Waals surface area (Å²) < 4.78 is 0. The average molecular weight is 191 g/mol. The van der Waals surface area contributed by atoms with Crippen LogP contribution in [0.25, 0.3) is 0 Å². The van der Waals surface area contributed by atoms with Crippen molar-refractivity contribution in [2.24, 2.45) is 0 Å². The minimum Gasteiger partial charge on any atom is -0.383 e. The van der Waals surface area contributed by atoms with Gasteiger partial charge in [-0.3, -0.25) is 4.79 Å². The number of nitrogens with zero attached hydrogens (tertiary/aromatic N) is 3. The van der Waals surface area contributed by atoms with E-state index < -0.39 is 11.9 Å². The van der Waals surface area contributed by atoms with Crippen molar-refractivity contribution >= 4 is 11.7 Å². The van der Waals surface area contributed by atoms with Crippen molar-refractivity contribution in [3.05, 3.63) is 18.1 Å². The van der Waals surface area contributed by atoms with E-state index in [4.69, 9.17) is 11.0 Å². The lowest BCUT2D eigenvalue weighted by Crippen LogP contribution is -2.32. The number of anilines is 1. The summed E-state index contributed by atoms with van der Waals surface area (Å²) in [6, 6.07) is 1.30. The highest BCUT2D eigenvalue weighted by Crippen LogP contribution is 2.04. The van der Waals surface area contributed by atoms with Gasteiger partial charge in [-0.25, -0.2) is 9.97 Å². The molecule has 6 heteroatoms. The summed E-state index contributed by atoms with van der Waals surface area (Å²) in [5, 5.41) is 10.9. The summed E-state index contributed by atoms with van der Waals surface area (Å²) >= 11 is 0. The van der Waals surface area contributed by atoms with Crippen molar-refractivity contribution < 1.29 is 4.79 Å². The molecule has 0 radical (unpaired) electrons. The smallest absolute Gasteiger partial charge is 0.257 e. The first-order valence-corrected chi connectivity index (χ1v) is 3.91. The minimum absolute atomic E-state index is 0.0997. The maximum Gasteiger partial charge on any atom is 0.257 e. The summed E-state index contributed by atoms with van der Waals surface area (Å²) in [5.74, 6) is -0.347. The summed E-state index contributed by atoms with van der Waals surface area (Å²) in [4.78, 5) is 18.7. The number of nitrogens with one attached hydrogen (secondary N) is 1. The molecule has 3 N–H and O–H groups in total. The molecule has 0 bridgehead atoms. The molecule has 6 nitrogen and oxygen atoms in total. The van der Waals surface area contributed by atoms with Crippen LogP contribution in [0.15, 0.2) is 12.5 Å². The van der Waals surface area contributed by atoms with Gasteiger partial charge in [-0.2, -0.15) is 5.26 Å². The van der Waals surface area contributed by atoms with E-state index in [0.29, 0.717) is 0 Å². The number of amides is 1. The highest BCUT2D eigenvalue weighted by molar-refractivity contribution is 5.98. The Morgan fingerprint density at radius 2 is 2.50 bits per heavy atom. The molecule has 1 atom stereocenters. The first kappa shape index (κ1) is 9.92. The predicted molar refractivity (Wildman–Crippen MR) is 49.0 cm³/mol. The van der Waals surface area contributed by atoms with E-state index in [1.54, 1.807) is 6.92 Å². The van der Waals surface area contributed by atoms with Crippen molar-refractivity contribution in [1.29, 1.82) is 5.26 Å². The topological polar surface area (TPSA) is 105 Å². The molecule has 14 heavy (non-hydrogen) atoms. The fraction of sp³-hybridized carbons (Fsp3) is 0.250. The summed E-state index contributed by atoms with van der Waals surface area (Å²) in [6.07, 6.45) is 2.56. The number of aromatic nitrogens is 2. The summed E-state index contributed by atoms with van der Waals surface area (Å²) in [7, 11) is 0. The molecular weight excluding hydrogens is 182 g/mol. The third-order valence-corrected chi connectivity index (χ3v) is 1.53. The van der Waals surface area contributed by atoms with E-state index in [0.717, 1.165) is 0 Å². The standard InChI is InChI=1S/C8H9N5O/c1-5(2-9)13-8(14)6-3-11-4-12-7(6)10/h3-5H,1H3,(H,13,14)(H2,10,11,12)/t5-/m1/s1. The lowest BCUT2D eigenvalue weighted by molar-refractivity contribution is 0.0948. The lowest BCUT2D eigenvalue weighted by Gasteiger charge is -2.06. The Hall–Kier alpha value is -2.16. The average Bonchev–Trinajstić information content (AvgIpc) is 2.18. The van der Waals surface area contributed by atoms with Crippen LogP contribution < -0.4 is 11.1 Å². The minimum atomic E-state index is -0.567. The Labute approximate surface area is 80.8 Å². The monoisotopic (exact) mass is 191 g/mol. The SMILES string of the molecule is C[C@H](C#N)NC(=O)c1cncnc1N. The first-order valence-electron chi connectivity index (χ1n) is 3.91. The molecule has 1 amide bonds. The lowest BCUT2D eigenvalue weighted by atomic mass is 10.2. The number of hydrogen-bond donors (Lipinski definition) is 2. The molecule has 0 saturated carbocycles. The van der Waals surface area contributed by atoms with Crippen molar-refractivity contribution in [3.63, 3.8) is 0 Å². The number of nitrogens with two attached hydrogens (primary N) is 1. The quantitative estimate of drug-likeness (QED) is 0.667. The number of hydrogen-bond acceptors (Lipinski definition) is 5. The molecule has 1 rings (SSSR count). The second-order valence-electron chi connectivity index (χ2n) is 2.65. The van der Waals surface area contributed by atoms with Crippen LogP contribution >= 0.6 is 0 Å². The number of nitriles is 1. The number of carbonyl (C=O) groups excluding carboxylic acids is 1. The molecule has 1 aromatic rings. The Morgan fingerprint density at radius 1 is 1.79 bits per heavy atom. The maximum atomic E-state index is 11.4. The summed E-state index contributed by atoms with van der Waals surface area (Å²) in [6.45, 7) is 1.57. The maximum absolute atomic E-state index is 11.4. The van der Waals surface area contributed by atoms with E-state index >= 15 is 0 Å². The molecule has 0 aliphatic heterocycles.